The predicted molar refractivity (Wildman–Crippen MR) is 82.2 cm³/mol. The summed E-state index contributed by atoms with van der Waals surface area (Å²) >= 11 is 0. The normalized spacial score (nSPS) is 10.6. The molecule has 2 rings (SSSR count). The second-order valence-electron chi connectivity index (χ2n) is 4.62. The van der Waals surface area contributed by atoms with Crippen LogP contribution in [0.4, 0.5) is 0 Å². The Balaban J connectivity index is 2.15. The number of rotatable bonds is 7. The van der Waals surface area contributed by atoms with Crippen molar-refractivity contribution in [1.82, 2.24) is 0 Å². The summed E-state index contributed by atoms with van der Waals surface area (Å²) in [5.41, 5.74) is 1.87. The second kappa shape index (κ2) is 8.22. The van der Waals surface area contributed by atoms with Crippen LogP contribution in [0.3, 0.4) is 0 Å². The summed E-state index contributed by atoms with van der Waals surface area (Å²) in [4.78, 5) is 12.4. The van der Waals surface area contributed by atoms with E-state index in [0.29, 0.717) is 13.2 Å². The van der Waals surface area contributed by atoms with Crippen LogP contribution in [0.5, 0.6) is 0 Å². The van der Waals surface area contributed by atoms with E-state index in [0.717, 1.165) is 11.1 Å². The summed E-state index contributed by atoms with van der Waals surface area (Å²) in [6, 6.07) is 19.4. The summed E-state index contributed by atoms with van der Waals surface area (Å²) in [6.45, 7) is 3.25. The SMILES string of the molecule is CCOCCOC(=O)C(c1ccccc1)c1ccccc1. The molecule has 0 radical (unpaired) electrons. The van der Waals surface area contributed by atoms with Crippen molar-refractivity contribution < 1.29 is 14.3 Å². The first-order chi connectivity index (χ1) is 10.3. The molecule has 21 heavy (non-hydrogen) atoms. The molecule has 0 heterocycles. The molecular formula is C18H20O3. The Labute approximate surface area is 125 Å². The Bertz CT molecular complexity index is 497. The third kappa shape index (κ3) is 4.43. The van der Waals surface area contributed by atoms with E-state index in [9.17, 15) is 4.79 Å². The van der Waals surface area contributed by atoms with Crippen molar-refractivity contribution in [2.24, 2.45) is 0 Å². The topological polar surface area (TPSA) is 35.5 Å². The Morgan fingerprint density at radius 2 is 1.43 bits per heavy atom. The lowest BCUT2D eigenvalue weighted by atomic mass is 9.91. The fraction of sp³-hybridized carbons (Fsp3) is 0.278. The van der Waals surface area contributed by atoms with Gasteiger partial charge in [0.15, 0.2) is 0 Å². The maximum absolute atomic E-state index is 12.4. The highest BCUT2D eigenvalue weighted by molar-refractivity contribution is 5.82. The predicted octanol–water partition coefficient (Wildman–Crippen LogP) is 3.40. The molecule has 0 bridgehead atoms. The molecule has 0 N–H and O–H groups in total. The highest BCUT2D eigenvalue weighted by Gasteiger charge is 2.23. The van der Waals surface area contributed by atoms with Crippen molar-refractivity contribution in [2.45, 2.75) is 12.8 Å². The molecular weight excluding hydrogens is 264 g/mol. The minimum absolute atomic E-state index is 0.243. The van der Waals surface area contributed by atoms with Crippen LogP contribution in [0.25, 0.3) is 0 Å². The fourth-order valence-electron chi connectivity index (χ4n) is 2.18. The Morgan fingerprint density at radius 1 is 0.905 bits per heavy atom. The van der Waals surface area contributed by atoms with Crippen molar-refractivity contribution >= 4 is 5.97 Å². The molecule has 0 amide bonds. The lowest BCUT2D eigenvalue weighted by molar-refractivity contribution is -0.145. The van der Waals surface area contributed by atoms with Crippen molar-refractivity contribution in [1.29, 1.82) is 0 Å². The van der Waals surface area contributed by atoms with E-state index < -0.39 is 5.92 Å². The van der Waals surface area contributed by atoms with Gasteiger partial charge in [-0.25, -0.2) is 0 Å². The summed E-state index contributed by atoms with van der Waals surface area (Å²) in [6.07, 6.45) is 0. The van der Waals surface area contributed by atoms with Crippen LogP contribution in [0.15, 0.2) is 60.7 Å². The molecule has 0 fully saturated rings. The van der Waals surface area contributed by atoms with Gasteiger partial charge in [-0.05, 0) is 18.1 Å². The maximum atomic E-state index is 12.4. The largest absolute Gasteiger partial charge is 0.463 e. The summed E-state index contributed by atoms with van der Waals surface area (Å²) in [5, 5.41) is 0. The van der Waals surface area contributed by atoms with Crippen molar-refractivity contribution in [2.75, 3.05) is 19.8 Å². The number of hydrogen-bond donors (Lipinski definition) is 0. The molecule has 0 saturated carbocycles. The van der Waals surface area contributed by atoms with Crippen LogP contribution in [0.2, 0.25) is 0 Å². The first kappa shape index (κ1) is 15.3. The van der Waals surface area contributed by atoms with E-state index in [1.165, 1.54) is 0 Å². The van der Waals surface area contributed by atoms with Gasteiger partial charge in [-0.1, -0.05) is 60.7 Å². The first-order valence-electron chi connectivity index (χ1n) is 7.17. The fourth-order valence-corrected chi connectivity index (χ4v) is 2.18. The molecule has 3 heteroatoms. The van der Waals surface area contributed by atoms with Gasteiger partial charge in [0.1, 0.15) is 12.5 Å². The van der Waals surface area contributed by atoms with Gasteiger partial charge in [-0.3, -0.25) is 4.79 Å². The van der Waals surface area contributed by atoms with Crippen LogP contribution in [-0.2, 0) is 14.3 Å². The molecule has 0 atom stereocenters. The Hall–Kier alpha value is -2.13. The summed E-state index contributed by atoms with van der Waals surface area (Å²) in [5.74, 6) is -0.638. The molecule has 0 aliphatic heterocycles. The zero-order valence-corrected chi connectivity index (χ0v) is 12.2. The van der Waals surface area contributed by atoms with Crippen molar-refractivity contribution in [3.05, 3.63) is 71.8 Å². The van der Waals surface area contributed by atoms with Crippen LogP contribution < -0.4 is 0 Å². The molecule has 0 aliphatic carbocycles. The van der Waals surface area contributed by atoms with Gasteiger partial charge in [0.25, 0.3) is 0 Å². The number of esters is 1. The summed E-state index contributed by atoms with van der Waals surface area (Å²) < 4.78 is 10.5. The molecule has 0 aliphatic rings. The van der Waals surface area contributed by atoms with E-state index in [2.05, 4.69) is 0 Å². The summed E-state index contributed by atoms with van der Waals surface area (Å²) in [7, 11) is 0. The maximum Gasteiger partial charge on any atom is 0.318 e. The monoisotopic (exact) mass is 284 g/mol. The van der Waals surface area contributed by atoms with Gasteiger partial charge >= 0.3 is 5.97 Å². The van der Waals surface area contributed by atoms with Crippen LogP contribution >= 0.6 is 0 Å². The van der Waals surface area contributed by atoms with Crippen molar-refractivity contribution in [3.63, 3.8) is 0 Å². The van der Waals surface area contributed by atoms with Gasteiger partial charge in [-0.15, -0.1) is 0 Å². The Morgan fingerprint density at radius 3 is 1.90 bits per heavy atom. The average Bonchev–Trinajstić information content (AvgIpc) is 2.54. The van der Waals surface area contributed by atoms with Gasteiger partial charge in [0, 0.05) is 6.61 Å². The van der Waals surface area contributed by atoms with Crippen LogP contribution in [0.1, 0.15) is 24.0 Å². The third-order valence-electron chi connectivity index (χ3n) is 3.18. The third-order valence-corrected chi connectivity index (χ3v) is 3.18. The van der Waals surface area contributed by atoms with Gasteiger partial charge in [0.2, 0.25) is 0 Å². The number of hydrogen-bond acceptors (Lipinski definition) is 3. The standard InChI is InChI=1S/C18H20O3/c1-2-20-13-14-21-18(19)17(15-9-5-3-6-10-15)16-11-7-4-8-12-16/h3-12,17H,2,13-14H2,1H3. The quantitative estimate of drug-likeness (QED) is 0.577. The number of carbonyl (C=O) groups is 1. The van der Waals surface area contributed by atoms with E-state index in [1.54, 1.807) is 0 Å². The molecule has 0 aromatic heterocycles. The van der Waals surface area contributed by atoms with Crippen LogP contribution in [0, 0.1) is 0 Å². The smallest absolute Gasteiger partial charge is 0.318 e. The lowest BCUT2D eigenvalue weighted by Gasteiger charge is -2.17. The molecule has 0 saturated heterocycles. The zero-order chi connectivity index (χ0) is 14.9. The highest BCUT2D eigenvalue weighted by atomic mass is 16.6. The van der Waals surface area contributed by atoms with E-state index in [4.69, 9.17) is 9.47 Å². The average molecular weight is 284 g/mol. The van der Waals surface area contributed by atoms with E-state index in [1.807, 2.05) is 67.6 Å². The highest BCUT2D eigenvalue weighted by Crippen LogP contribution is 2.25. The molecule has 2 aromatic rings. The minimum atomic E-state index is -0.394. The van der Waals surface area contributed by atoms with E-state index >= 15 is 0 Å². The minimum Gasteiger partial charge on any atom is -0.463 e. The number of ether oxygens (including phenoxy) is 2. The Kier molecular flexibility index (Phi) is 5.98. The molecule has 2 aromatic carbocycles. The molecule has 0 spiro atoms. The molecule has 110 valence electrons. The second-order valence-corrected chi connectivity index (χ2v) is 4.62. The van der Waals surface area contributed by atoms with Gasteiger partial charge < -0.3 is 9.47 Å². The zero-order valence-electron chi connectivity index (χ0n) is 12.2. The van der Waals surface area contributed by atoms with Crippen LogP contribution in [-0.4, -0.2) is 25.8 Å². The molecule has 3 nitrogen and oxygen atoms in total. The van der Waals surface area contributed by atoms with Gasteiger partial charge in [0.05, 0.1) is 6.61 Å². The first-order valence-corrected chi connectivity index (χ1v) is 7.17. The number of carbonyl (C=O) groups excluding carboxylic acids is 1. The lowest BCUT2D eigenvalue weighted by Crippen LogP contribution is -2.19. The van der Waals surface area contributed by atoms with Crippen molar-refractivity contribution in [3.8, 4) is 0 Å². The number of benzene rings is 2. The van der Waals surface area contributed by atoms with Gasteiger partial charge in [-0.2, -0.15) is 0 Å². The molecule has 0 unspecified atom stereocenters. The van der Waals surface area contributed by atoms with E-state index in [-0.39, 0.29) is 12.6 Å².